The van der Waals surface area contributed by atoms with E-state index in [-0.39, 0.29) is 18.1 Å². The van der Waals surface area contributed by atoms with Gasteiger partial charge in [-0.05, 0) is 51.1 Å². The van der Waals surface area contributed by atoms with Crippen molar-refractivity contribution in [3.8, 4) is 11.5 Å². The fraction of sp³-hybridized carbons (Fsp3) is 0.333. The maximum absolute atomic E-state index is 12.8. The minimum atomic E-state index is -0.116. The molecule has 1 amide bonds. The Bertz CT molecular complexity index is 1070. The van der Waals surface area contributed by atoms with Crippen molar-refractivity contribution < 1.29 is 14.3 Å². The summed E-state index contributed by atoms with van der Waals surface area (Å²) in [6.07, 6.45) is 4.44. The van der Waals surface area contributed by atoms with E-state index in [1.165, 1.54) is 0 Å². The van der Waals surface area contributed by atoms with Crippen molar-refractivity contribution in [2.45, 2.75) is 39.3 Å². The van der Waals surface area contributed by atoms with Gasteiger partial charge < -0.3 is 14.4 Å². The monoisotopic (exact) mass is 422 g/mol. The van der Waals surface area contributed by atoms with E-state index in [2.05, 4.69) is 18.0 Å². The number of fused-ring (bicyclic) bond motifs is 2. The average molecular weight is 423 g/mol. The van der Waals surface area contributed by atoms with Gasteiger partial charge in [0.2, 0.25) is 5.91 Å². The third kappa shape index (κ3) is 4.05. The number of hydrogen-bond donors (Lipinski definition) is 0. The predicted octanol–water partition coefficient (Wildman–Crippen LogP) is 5.25. The standard InChI is InChI=1S/C24H26N2O3S/c1-5-28-20-14-18-12-15(2)29-21(18)13-17(20)10-11-23(27)26(4)16(3)24-25-19-8-6-7-9-22(19)30-24/h6-11,13-16H,5,12H2,1-4H3/b11-10+/t15-,16-/m1/s1. The summed E-state index contributed by atoms with van der Waals surface area (Å²) in [4.78, 5) is 19.2. The Labute approximate surface area is 180 Å². The summed E-state index contributed by atoms with van der Waals surface area (Å²) >= 11 is 1.62. The van der Waals surface area contributed by atoms with E-state index < -0.39 is 0 Å². The lowest BCUT2D eigenvalue weighted by atomic mass is 10.1. The molecule has 0 radical (unpaired) electrons. The molecule has 0 N–H and O–H groups in total. The quantitative estimate of drug-likeness (QED) is 0.509. The van der Waals surface area contributed by atoms with Crippen LogP contribution < -0.4 is 9.47 Å². The average Bonchev–Trinajstić information content (AvgIpc) is 3.33. The van der Waals surface area contributed by atoms with Crippen molar-refractivity contribution in [3.63, 3.8) is 0 Å². The van der Waals surface area contributed by atoms with Gasteiger partial charge in [0.25, 0.3) is 0 Å². The predicted molar refractivity (Wildman–Crippen MR) is 121 cm³/mol. The van der Waals surface area contributed by atoms with Crippen LogP contribution in [0.2, 0.25) is 0 Å². The Morgan fingerprint density at radius 1 is 1.40 bits per heavy atom. The summed E-state index contributed by atoms with van der Waals surface area (Å²) in [5.41, 5.74) is 2.96. The summed E-state index contributed by atoms with van der Waals surface area (Å²) in [7, 11) is 1.81. The largest absolute Gasteiger partial charge is 0.493 e. The highest BCUT2D eigenvalue weighted by Crippen LogP contribution is 2.36. The van der Waals surface area contributed by atoms with E-state index in [0.29, 0.717) is 6.61 Å². The summed E-state index contributed by atoms with van der Waals surface area (Å²) < 4.78 is 12.8. The van der Waals surface area contributed by atoms with Crippen molar-refractivity contribution in [3.05, 3.63) is 58.6 Å². The molecule has 3 aromatic rings. The first-order valence-corrected chi connectivity index (χ1v) is 11.0. The number of para-hydroxylation sites is 1. The number of amides is 1. The number of carbonyl (C=O) groups is 1. The first-order chi connectivity index (χ1) is 14.5. The molecule has 2 aromatic carbocycles. The highest BCUT2D eigenvalue weighted by atomic mass is 32.1. The number of thiazole rings is 1. The van der Waals surface area contributed by atoms with E-state index in [0.717, 1.165) is 44.3 Å². The highest BCUT2D eigenvalue weighted by molar-refractivity contribution is 7.18. The number of ether oxygens (including phenoxy) is 2. The van der Waals surface area contributed by atoms with Crippen LogP contribution in [0.25, 0.3) is 16.3 Å². The van der Waals surface area contributed by atoms with Gasteiger partial charge in [-0.1, -0.05) is 12.1 Å². The molecule has 4 rings (SSSR count). The molecule has 2 atom stereocenters. The molecule has 0 spiro atoms. The lowest BCUT2D eigenvalue weighted by Crippen LogP contribution is -2.27. The van der Waals surface area contributed by atoms with Gasteiger partial charge in [0.15, 0.2) is 0 Å². The number of benzene rings is 2. The summed E-state index contributed by atoms with van der Waals surface area (Å²) in [5.74, 6) is 1.56. The second-order valence-electron chi connectivity index (χ2n) is 7.54. The molecule has 0 unspecified atom stereocenters. The number of nitrogens with zero attached hydrogens (tertiary/aromatic N) is 2. The molecule has 0 saturated carbocycles. The molecular formula is C24H26N2O3S. The molecular weight excluding hydrogens is 396 g/mol. The Balaban J connectivity index is 1.53. The molecule has 0 saturated heterocycles. The van der Waals surface area contributed by atoms with Gasteiger partial charge in [0.1, 0.15) is 22.6 Å². The number of rotatable bonds is 6. The zero-order valence-corrected chi connectivity index (χ0v) is 18.5. The van der Waals surface area contributed by atoms with Gasteiger partial charge in [0.05, 0.1) is 22.9 Å². The molecule has 156 valence electrons. The number of carbonyl (C=O) groups excluding carboxylic acids is 1. The van der Waals surface area contributed by atoms with E-state index >= 15 is 0 Å². The van der Waals surface area contributed by atoms with Crippen LogP contribution in [0.4, 0.5) is 0 Å². The Hall–Kier alpha value is -2.86. The Morgan fingerprint density at radius 3 is 2.97 bits per heavy atom. The van der Waals surface area contributed by atoms with Crippen molar-refractivity contribution in [2.75, 3.05) is 13.7 Å². The van der Waals surface area contributed by atoms with Gasteiger partial charge in [-0.2, -0.15) is 0 Å². The van der Waals surface area contributed by atoms with Crippen LogP contribution in [-0.4, -0.2) is 35.5 Å². The maximum Gasteiger partial charge on any atom is 0.246 e. The van der Waals surface area contributed by atoms with Crippen molar-refractivity contribution in [2.24, 2.45) is 0 Å². The molecule has 2 heterocycles. The van der Waals surface area contributed by atoms with E-state index in [1.807, 2.05) is 50.3 Å². The Morgan fingerprint density at radius 2 is 2.20 bits per heavy atom. The SMILES string of the molecule is CCOc1cc2c(cc1/C=C/C(=O)N(C)[C@H](C)c1nc3ccccc3s1)O[C@H](C)C2. The number of hydrogen-bond acceptors (Lipinski definition) is 5. The van der Waals surface area contributed by atoms with Crippen LogP contribution in [0.3, 0.4) is 0 Å². The van der Waals surface area contributed by atoms with Crippen LogP contribution >= 0.6 is 11.3 Å². The maximum atomic E-state index is 12.8. The van der Waals surface area contributed by atoms with Crippen LogP contribution in [0.1, 0.15) is 42.9 Å². The van der Waals surface area contributed by atoms with Crippen LogP contribution in [-0.2, 0) is 11.2 Å². The summed E-state index contributed by atoms with van der Waals surface area (Å²) in [6, 6.07) is 11.9. The molecule has 1 aliphatic heterocycles. The third-order valence-corrected chi connectivity index (χ3v) is 6.54. The zero-order valence-electron chi connectivity index (χ0n) is 17.7. The molecule has 6 heteroatoms. The molecule has 5 nitrogen and oxygen atoms in total. The molecule has 0 fully saturated rings. The van der Waals surface area contributed by atoms with Gasteiger partial charge >= 0.3 is 0 Å². The van der Waals surface area contributed by atoms with E-state index in [1.54, 1.807) is 29.4 Å². The van der Waals surface area contributed by atoms with Gasteiger partial charge in [-0.25, -0.2) is 4.98 Å². The van der Waals surface area contributed by atoms with Crippen LogP contribution in [0.5, 0.6) is 11.5 Å². The fourth-order valence-electron chi connectivity index (χ4n) is 3.57. The first kappa shape index (κ1) is 20.4. The second kappa shape index (κ2) is 8.48. The van der Waals surface area contributed by atoms with Crippen LogP contribution in [0, 0.1) is 0 Å². The fourth-order valence-corrected chi connectivity index (χ4v) is 4.63. The number of likely N-dealkylation sites (N-methyl/N-ethyl adjacent to an activating group) is 1. The van der Waals surface area contributed by atoms with Crippen molar-refractivity contribution in [1.29, 1.82) is 0 Å². The molecule has 0 bridgehead atoms. The Kier molecular flexibility index (Phi) is 5.77. The first-order valence-electron chi connectivity index (χ1n) is 10.2. The van der Waals surface area contributed by atoms with Crippen molar-refractivity contribution in [1.82, 2.24) is 9.88 Å². The van der Waals surface area contributed by atoms with Gasteiger partial charge in [0, 0.05) is 30.7 Å². The van der Waals surface area contributed by atoms with Gasteiger partial charge in [-0.15, -0.1) is 11.3 Å². The minimum Gasteiger partial charge on any atom is -0.493 e. The molecule has 0 aliphatic carbocycles. The van der Waals surface area contributed by atoms with E-state index in [9.17, 15) is 4.79 Å². The smallest absolute Gasteiger partial charge is 0.246 e. The molecule has 1 aromatic heterocycles. The third-order valence-electron chi connectivity index (χ3n) is 5.33. The van der Waals surface area contributed by atoms with E-state index in [4.69, 9.17) is 9.47 Å². The van der Waals surface area contributed by atoms with Crippen molar-refractivity contribution >= 4 is 33.5 Å². The lowest BCUT2D eigenvalue weighted by Gasteiger charge is -2.21. The summed E-state index contributed by atoms with van der Waals surface area (Å²) in [6.45, 7) is 6.58. The lowest BCUT2D eigenvalue weighted by molar-refractivity contribution is -0.126. The molecule has 1 aliphatic rings. The van der Waals surface area contributed by atoms with Gasteiger partial charge in [-0.3, -0.25) is 4.79 Å². The highest BCUT2D eigenvalue weighted by Gasteiger charge is 2.22. The topological polar surface area (TPSA) is 51.7 Å². The second-order valence-corrected chi connectivity index (χ2v) is 8.60. The number of aromatic nitrogens is 1. The zero-order chi connectivity index (χ0) is 21.3. The summed E-state index contributed by atoms with van der Waals surface area (Å²) in [5, 5.41) is 0.926. The van der Waals surface area contributed by atoms with Crippen LogP contribution in [0.15, 0.2) is 42.5 Å². The normalized spacial score (nSPS) is 16.5. The minimum absolute atomic E-state index is 0.0843. The molecule has 30 heavy (non-hydrogen) atoms.